The van der Waals surface area contributed by atoms with E-state index in [0.29, 0.717) is 0 Å². The number of hydrogen-bond donors (Lipinski definition) is 1. The van der Waals surface area contributed by atoms with E-state index in [9.17, 15) is 9.59 Å². The minimum absolute atomic E-state index is 0.0460. The minimum atomic E-state index is -1.25. The highest BCUT2D eigenvalue weighted by molar-refractivity contribution is 5.86. The Morgan fingerprint density at radius 1 is 1.00 bits per heavy atom. The van der Waals surface area contributed by atoms with Gasteiger partial charge in [0, 0.05) is 5.92 Å². The zero-order chi connectivity index (χ0) is 21.9. The number of fused-ring (bicyclic) bond motifs is 3. The largest absolute Gasteiger partial charge is 0.458 e. The van der Waals surface area contributed by atoms with Gasteiger partial charge in [0.1, 0.15) is 17.7 Å². The lowest BCUT2D eigenvalue weighted by Crippen LogP contribution is -2.54. The molecule has 0 saturated carbocycles. The normalized spacial score (nSPS) is 14.8. The van der Waals surface area contributed by atoms with Crippen LogP contribution < -0.4 is 5.32 Å². The Balaban J connectivity index is 1.72. The van der Waals surface area contributed by atoms with E-state index >= 15 is 0 Å². The summed E-state index contributed by atoms with van der Waals surface area (Å²) in [6.45, 7) is 10.8. The van der Waals surface area contributed by atoms with E-state index < -0.39 is 23.2 Å². The molecule has 0 aromatic heterocycles. The van der Waals surface area contributed by atoms with Crippen molar-refractivity contribution in [2.45, 2.75) is 51.2 Å². The molecular weight excluding hydrogens is 378 g/mol. The summed E-state index contributed by atoms with van der Waals surface area (Å²) in [7, 11) is 0. The molecule has 5 heteroatoms. The molecule has 2 aromatic rings. The van der Waals surface area contributed by atoms with Gasteiger partial charge in [-0.2, -0.15) is 0 Å². The van der Waals surface area contributed by atoms with Crippen LogP contribution in [0.25, 0.3) is 11.1 Å². The molecule has 0 radical (unpaired) electrons. The lowest BCUT2D eigenvalue weighted by atomic mass is 9.97. The van der Waals surface area contributed by atoms with E-state index in [1.165, 1.54) is 0 Å². The number of benzene rings is 2. The van der Waals surface area contributed by atoms with Crippen LogP contribution in [0, 0.1) is 0 Å². The van der Waals surface area contributed by atoms with Gasteiger partial charge in [0.15, 0.2) is 0 Å². The summed E-state index contributed by atoms with van der Waals surface area (Å²) in [5, 5.41) is 2.68. The van der Waals surface area contributed by atoms with Crippen molar-refractivity contribution in [2.24, 2.45) is 0 Å². The van der Waals surface area contributed by atoms with E-state index in [1.807, 2.05) is 24.3 Å². The average Bonchev–Trinajstić information content (AvgIpc) is 2.99. The molecule has 0 unspecified atom stereocenters. The van der Waals surface area contributed by atoms with Crippen molar-refractivity contribution in [3.05, 3.63) is 72.3 Å². The highest BCUT2D eigenvalue weighted by atomic mass is 16.6. The van der Waals surface area contributed by atoms with Gasteiger partial charge in [0.25, 0.3) is 0 Å². The molecule has 1 atom stereocenters. The molecule has 0 aliphatic heterocycles. The molecule has 1 aliphatic carbocycles. The molecular formula is C25H29NO4. The lowest BCUT2D eigenvalue weighted by molar-refractivity contribution is -0.162. The Morgan fingerprint density at radius 2 is 1.53 bits per heavy atom. The molecule has 3 rings (SSSR count). The number of carbonyl (C=O) groups excluding carboxylic acids is 2. The van der Waals surface area contributed by atoms with E-state index in [-0.39, 0.29) is 18.9 Å². The van der Waals surface area contributed by atoms with Crippen LogP contribution in [0.2, 0.25) is 0 Å². The van der Waals surface area contributed by atoms with Gasteiger partial charge in [-0.15, -0.1) is 6.58 Å². The van der Waals surface area contributed by atoms with E-state index in [1.54, 1.807) is 33.8 Å². The monoisotopic (exact) mass is 407 g/mol. The summed E-state index contributed by atoms with van der Waals surface area (Å²) < 4.78 is 11.0. The van der Waals surface area contributed by atoms with Gasteiger partial charge in [-0.1, -0.05) is 54.6 Å². The topological polar surface area (TPSA) is 64.6 Å². The number of rotatable bonds is 6. The molecule has 5 nitrogen and oxygen atoms in total. The van der Waals surface area contributed by atoms with E-state index in [4.69, 9.17) is 9.47 Å². The fourth-order valence-corrected chi connectivity index (χ4v) is 3.72. The third kappa shape index (κ3) is 4.56. The van der Waals surface area contributed by atoms with Crippen LogP contribution in [0.3, 0.4) is 0 Å². The molecule has 0 spiro atoms. The maximum Gasteiger partial charge on any atom is 0.408 e. The summed E-state index contributed by atoms with van der Waals surface area (Å²) in [6, 6.07) is 16.3. The van der Waals surface area contributed by atoms with Gasteiger partial charge < -0.3 is 14.8 Å². The van der Waals surface area contributed by atoms with Crippen LogP contribution >= 0.6 is 0 Å². The van der Waals surface area contributed by atoms with Crippen molar-refractivity contribution in [3.8, 4) is 11.1 Å². The van der Waals surface area contributed by atoms with Gasteiger partial charge in [-0.25, -0.2) is 9.59 Å². The summed E-state index contributed by atoms with van der Waals surface area (Å²) in [4.78, 5) is 25.3. The first-order chi connectivity index (χ1) is 14.1. The minimum Gasteiger partial charge on any atom is -0.458 e. The highest BCUT2D eigenvalue weighted by Crippen LogP contribution is 2.44. The number of ether oxygens (including phenoxy) is 2. The summed E-state index contributed by atoms with van der Waals surface area (Å²) >= 11 is 0. The molecule has 30 heavy (non-hydrogen) atoms. The van der Waals surface area contributed by atoms with Crippen molar-refractivity contribution in [3.63, 3.8) is 0 Å². The SMILES string of the molecule is C=CC[C@](C)(NC(=O)OCC1c2ccccc2-c2ccccc21)C(=O)OC(C)(C)C. The Bertz CT molecular complexity index is 914. The second kappa shape index (κ2) is 8.34. The predicted octanol–water partition coefficient (Wildman–Crippen LogP) is 5.20. The fourth-order valence-electron chi connectivity index (χ4n) is 3.72. The Kier molecular flexibility index (Phi) is 6.01. The standard InChI is InChI=1S/C25H29NO4/c1-6-15-25(5,22(27)30-24(2,3)4)26-23(28)29-16-21-19-13-9-7-11-17(19)18-12-8-10-14-20(18)21/h6-14,21H,1,15-16H2,2-5H3,(H,26,28)/t25-/m0/s1. The molecule has 0 heterocycles. The second-order valence-electron chi connectivity index (χ2n) is 8.78. The first-order valence-electron chi connectivity index (χ1n) is 10.1. The van der Waals surface area contributed by atoms with Crippen molar-refractivity contribution in [2.75, 3.05) is 6.61 Å². The maximum absolute atomic E-state index is 12.7. The van der Waals surface area contributed by atoms with Crippen molar-refractivity contribution < 1.29 is 19.1 Å². The molecule has 0 fully saturated rings. The van der Waals surface area contributed by atoms with Gasteiger partial charge >= 0.3 is 12.1 Å². The first kappa shape index (κ1) is 21.6. The number of amides is 1. The molecule has 2 aromatic carbocycles. The van der Waals surface area contributed by atoms with Gasteiger partial charge in [0.05, 0.1) is 0 Å². The summed E-state index contributed by atoms with van der Waals surface area (Å²) in [5.41, 5.74) is 2.67. The van der Waals surface area contributed by atoms with Gasteiger partial charge in [0.2, 0.25) is 0 Å². The van der Waals surface area contributed by atoms with Crippen molar-refractivity contribution in [1.29, 1.82) is 0 Å². The summed E-state index contributed by atoms with van der Waals surface area (Å²) in [6.07, 6.45) is 1.15. The van der Waals surface area contributed by atoms with Crippen LogP contribution in [-0.4, -0.2) is 29.8 Å². The van der Waals surface area contributed by atoms with Crippen LogP contribution in [-0.2, 0) is 14.3 Å². The number of hydrogen-bond acceptors (Lipinski definition) is 4. The van der Waals surface area contributed by atoms with Crippen molar-refractivity contribution in [1.82, 2.24) is 5.32 Å². The third-order valence-electron chi connectivity index (χ3n) is 5.12. The van der Waals surface area contributed by atoms with Gasteiger partial charge in [-0.3, -0.25) is 0 Å². The van der Waals surface area contributed by atoms with E-state index in [2.05, 4.69) is 36.2 Å². The quantitative estimate of drug-likeness (QED) is 0.528. The number of nitrogens with one attached hydrogen (secondary N) is 1. The van der Waals surface area contributed by atoms with Gasteiger partial charge in [-0.05, 0) is 56.4 Å². The van der Waals surface area contributed by atoms with Crippen molar-refractivity contribution >= 4 is 12.1 Å². The second-order valence-corrected chi connectivity index (χ2v) is 8.78. The lowest BCUT2D eigenvalue weighted by Gasteiger charge is -2.31. The highest BCUT2D eigenvalue weighted by Gasteiger charge is 2.38. The molecule has 1 aliphatic rings. The molecule has 0 bridgehead atoms. The molecule has 158 valence electrons. The van der Waals surface area contributed by atoms with Crippen LogP contribution in [0.5, 0.6) is 0 Å². The maximum atomic E-state index is 12.7. The third-order valence-corrected chi connectivity index (χ3v) is 5.12. The average molecular weight is 408 g/mol. The predicted molar refractivity (Wildman–Crippen MR) is 117 cm³/mol. The van der Waals surface area contributed by atoms with Crippen LogP contribution in [0.15, 0.2) is 61.2 Å². The van der Waals surface area contributed by atoms with E-state index in [0.717, 1.165) is 22.3 Å². The Labute approximate surface area is 178 Å². The number of carbonyl (C=O) groups is 2. The first-order valence-corrected chi connectivity index (χ1v) is 10.1. The van der Waals surface area contributed by atoms with Crippen LogP contribution in [0.1, 0.15) is 51.2 Å². The Hall–Kier alpha value is -3.08. The zero-order valence-electron chi connectivity index (χ0n) is 18.0. The number of alkyl carbamates (subject to hydrolysis) is 1. The smallest absolute Gasteiger partial charge is 0.408 e. The molecule has 1 amide bonds. The fraction of sp³-hybridized carbons (Fsp3) is 0.360. The molecule has 1 N–H and O–H groups in total. The number of esters is 1. The van der Waals surface area contributed by atoms with Crippen LogP contribution in [0.4, 0.5) is 4.79 Å². The Morgan fingerprint density at radius 3 is 2.03 bits per heavy atom. The summed E-state index contributed by atoms with van der Waals surface area (Å²) in [5.74, 6) is -0.571. The molecule has 0 saturated heterocycles. The zero-order valence-corrected chi connectivity index (χ0v) is 18.0.